The minimum absolute atomic E-state index is 0.00903. The fourth-order valence-electron chi connectivity index (χ4n) is 10.4. The molecule has 8 rings (SSSR count). The van der Waals surface area contributed by atoms with Gasteiger partial charge in [-0.05, 0) is 156 Å². The van der Waals surface area contributed by atoms with E-state index >= 15 is 0 Å². The van der Waals surface area contributed by atoms with E-state index < -0.39 is 38.6 Å². The Bertz CT molecular complexity index is 2560. The van der Waals surface area contributed by atoms with Crippen molar-refractivity contribution < 1.29 is 50.2 Å². The number of likely N-dealkylation sites (N-methyl/N-ethyl adjacent to an activating group) is 1. The summed E-state index contributed by atoms with van der Waals surface area (Å²) in [6, 6.07) is 9.92. The number of fused-ring (bicyclic) bond motifs is 6. The molecule has 2 aliphatic heterocycles. The van der Waals surface area contributed by atoms with Crippen LogP contribution < -0.4 is 5.32 Å². The molecule has 0 radical (unpaired) electrons. The van der Waals surface area contributed by atoms with Crippen LogP contribution in [0.5, 0.6) is 0 Å². The Balaban J connectivity index is 0.000000196. The molecule has 2 aromatic carbocycles. The highest BCUT2D eigenvalue weighted by Gasteiger charge is 2.36. The summed E-state index contributed by atoms with van der Waals surface area (Å²) in [5.74, 6) is 0.389. The number of hydrogen-bond acceptors (Lipinski definition) is 9. The van der Waals surface area contributed by atoms with Crippen LogP contribution in [0.2, 0.25) is 0 Å². The van der Waals surface area contributed by atoms with Crippen molar-refractivity contribution in [1.29, 1.82) is 0 Å². The van der Waals surface area contributed by atoms with Gasteiger partial charge in [0.2, 0.25) is 26.0 Å². The monoisotopic (exact) mass is 912 g/mol. The zero-order chi connectivity index (χ0) is 45.1. The molecule has 63 heavy (non-hydrogen) atoms. The highest BCUT2D eigenvalue weighted by molar-refractivity contribution is 7.90. The Labute approximate surface area is 369 Å². The predicted octanol–water partition coefficient (Wildman–Crippen LogP) is 5.99. The highest BCUT2D eigenvalue weighted by atomic mass is 32.2. The topological polar surface area (TPSA) is 183 Å². The van der Waals surface area contributed by atoms with Gasteiger partial charge < -0.3 is 24.8 Å². The number of alkyl halides is 1. The van der Waals surface area contributed by atoms with Gasteiger partial charge in [0, 0.05) is 67.2 Å². The summed E-state index contributed by atoms with van der Waals surface area (Å²) >= 11 is 0. The van der Waals surface area contributed by atoms with Gasteiger partial charge in [0.05, 0.1) is 34.6 Å². The number of aromatic nitrogens is 2. The van der Waals surface area contributed by atoms with E-state index in [-0.39, 0.29) is 36.1 Å². The number of aromatic carboxylic acids is 1. The lowest BCUT2D eigenvalue weighted by Gasteiger charge is -2.33. The minimum atomic E-state index is -3.53. The molecule has 2 aliphatic carbocycles. The number of hydrogen-bond donors (Lipinski definition) is 2. The van der Waals surface area contributed by atoms with E-state index in [0.717, 1.165) is 111 Å². The van der Waals surface area contributed by atoms with Crippen molar-refractivity contribution in [1.82, 2.24) is 18.2 Å². The van der Waals surface area contributed by atoms with Crippen LogP contribution >= 0.6 is 0 Å². The molecule has 4 heterocycles. The standard InChI is InChI=1S/C26H36FN3O5S.C20H25NO5S/c1-3-29(17-25(31)28-12-11-27)26(32)20-6-8-24-22(16-20)21-15-19(18-9-13-35-14-10-18)5-7-23(21)30(24)36(33,34)4-2;1-2-27(24,25)21-18-5-3-14(13-7-9-26-10-8-13)11-16(18)17-12-15(20(22)23)4-6-19(17)21/h6,8,16,18-19H,3-5,7,9-15,17H2,1-2H3,(H,28,31);4,6,12-14H,2-3,5,7-11H2,1H3,(H,22,23). The van der Waals surface area contributed by atoms with Gasteiger partial charge in [0.1, 0.15) is 6.67 Å². The zero-order valence-corrected chi connectivity index (χ0v) is 38.2. The van der Waals surface area contributed by atoms with Gasteiger partial charge in [-0.25, -0.2) is 34.0 Å². The van der Waals surface area contributed by atoms with E-state index in [1.54, 1.807) is 51.1 Å². The summed E-state index contributed by atoms with van der Waals surface area (Å²) in [5.41, 5.74) is 5.54. The molecule has 17 heteroatoms. The summed E-state index contributed by atoms with van der Waals surface area (Å²) in [6.07, 6.45) is 9.04. The van der Waals surface area contributed by atoms with Gasteiger partial charge in [-0.2, -0.15) is 0 Å². The van der Waals surface area contributed by atoms with Crippen molar-refractivity contribution in [2.75, 3.05) is 64.2 Å². The molecule has 0 saturated carbocycles. The largest absolute Gasteiger partial charge is 0.478 e. The first-order valence-corrected chi connectivity index (χ1v) is 25.7. The fraction of sp³-hybridized carbons (Fsp3) is 0.587. The maximum Gasteiger partial charge on any atom is 0.335 e. The molecule has 344 valence electrons. The Kier molecular flexibility index (Phi) is 14.7. The molecule has 2 aromatic heterocycles. The maximum atomic E-state index is 13.3. The third-order valence-corrected chi connectivity index (χ3v) is 17.2. The van der Waals surface area contributed by atoms with Crippen molar-refractivity contribution >= 4 is 59.6 Å². The Morgan fingerprint density at radius 3 is 1.60 bits per heavy atom. The van der Waals surface area contributed by atoms with Crippen LogP contribution in [-0.2, 0) is 60.0 Å². The molecule has 14 nitrogen and oxygen atoms in total. The van der Waals surface area contributed by atoms with Crippen molar-refractivity contribution in [2.45, 2.75) is 85.0 Å². The lowest BCUT2D eigenvalue weighted by Crippen LogP contribution is -2.41. The summed E-state index contributed by atoms with van der Waals surface area (Å²) < 4.78 is 78.2. The molecule has 2 fully saturated rings. The van der Waals surface area contributed by atoms with Crippen LogP contribution in [0.1, 0.15) is 103 Å². The average Bonchev–Trinajstić information content (AvgIpc) is 3.83. The molecule has 2 unspecified atom stereocenters. The van der Waals surface area contributed by atoms with E-state index in [9.17, 15) is 40.7 Å². The Morgan fingerprint density at radius 1 is 0.714 bits per heavy atom. The predicted molar refractivity (Wildman–Crippen MR) is 239 cm³/mol. The summed E-state index contributed by atoms with van der Waals surface area (Å²) in [7, 11) is -6.98. The number of carbonyl (C=O) groups is 3. The third-order valence-electron chi connectivity index (χ3n) is 13.8. The number of amides is 2. The zero-order valence-electron chi connectivity index (χ0n) is 36.6. The van der Waals surface area contributed by atoms with E-state index in [0.29, 0.717) is 59.7 Å². The van der Waals surface area contributed by atoms with Gasteiger partial charge >= 0.3 is 5.97 Å². The van der Waals surface area contributed by atoms with E-state index in [2.05, 4.69) is 5.32 Å². The number of carboxylic acid groups (broad SMARTS) is 1. The van der Waals surface area contributed by atoms with E-state index in [4.69, 9.17) is 9.47 Å². The number of nitrogens with zero attached hydrogens (tertiary/aromatic N) is 3. The minimum Gasteiger partial charge on any atom is -0.478 e. The molecule has 2 amide bonds. The number of ether oxygens (including phenoxy) is 2. The van der Waals surface area contributed by atoms with Gasteiger partial charge in [0.15, 0.2) is 0 Å². The molecule has 2 N–H and O–H groups in total. The first kappa shape index (κ1) is 46.7. The number of nitrogens with one attached hydrogen (secondary N) is 1. The SMILES string of the molecule is CCN(CC(=O)NCCF)C(=O)c1ccc2c(c1)c1c(n2S(=O)(=O)CC)CCC(C2CCOCC2)C1.CCS(=O)(=O)n1c2c(c3cc(C(=O)O)ccc31)CC(C1CCOCC1)CC2. The molecule has 4 aliphatic rings. The first-order chi connectivity index (χ1) is 30.2. The molecule has 0 bridgehead atoms. The first-order valence-electron chi connectivity index (χ1n) is 22.5. The second-order valence-corrected chi connectivity index (χ2v) is 21.4. The van der Waals surface area contributed by atoms with Crippen molar-refractivity contribution in [2.24, 2.45) is 23.7 Å². The van der Waals surface area contributed by atoms with Gasteiger partial charge in [-0.15, -0.1) is 0 Å². The molecule has 2 saturated heterocycles. The van der Waals surface area contributed by atoms with E-state index in [1.165, 1.54) is 18.9 Å². The highest BCUT2D eigenvalue weighted by Crippen LogP contribution is 2.42. The molecule has 2 atom stereocenters. The number of carbonyl (C=O) groups excluding carboxylic acids is 2. The van der Waals surface area contributed by atoms with E-state index in [1.807, 2.05) is 0 Å². The van der Waals surface area contributed by atoms with Crippen LogP contribution in [0.25, 0.3) is 21.8 Å². The second kappa shape index (κ2) is 19.8. The maximum absolute atomic E-state index is 13.3. The van der Waals surface area contributed by atoms with Crippen LogP contribution in [-0.4, -0.2) is 117 Å². The van der Waals surface area contributed by atoms with Crippen molar-refractivity contribution in [3.05, 3.63) is 70.0 Å². The lowest BCUT2D eigenvalue weighted by atomic mass is 9.75. The van der Waals surface area contributed by atoms with Crippen molar-refractivity contribution in [3.8, 4) is 0 Å². The average molecular weight is 913 g/mol. The Morgan fingerprint density at radius 2 is 1.17 bits per heavy atom. The number of benzene rings is 2. The summed E-state index contributed by atoms with van der Waals surface area (Å²) in [4.78, 5) is 38.2. The van der Waals surface area contributed by atoms with Crippen LogP contribution in [0.15, 0.2) is 36.4 Å². The van der Waals surface area contributed by atoms with Gasteiger partial charge in [-0.3, -0.25) is 9.59 Å². The van der Waals surface area contributed by atoms with Crippen LogP contribution in [0, 0.1) is 23.7 Å². The number of rotatable bonds is 13. The van der Waals surface area contributed by atoms with Gasteiger partial charge in [0.25, 0.3) is 5.91 Å². The second-order valence-electron chi connectivity index (χ2n) is 17.2. The number of carboxylic acids is 1. The number of halogens is 1. The molecular weight excluding hydrogens is 852 g/mol. The van der Waals surface area contributed by atoms with Crippen molar-refractivity contribution in [3.63, 3.8) is 0 Å². The third kappa shape index (κ3) is 9.71. The van der Waals surface area contributed by atoms with Crippen LogP contribution in [0.4, 0.5) is 4.39 Å². The summed E-state index contributed by atoms with van der Waals surface area (Å²) in [6.45, 7) is 7.60. The normalized spacial score (nSPS) is 19.8. The van der Waals surface area contributed by atoms with Gasteiger partial charge in [-0.1, -0.05) is 0 Å². The van der Waals surface area contributed by atoms with Crippen LogP contribution in [0.3, 0.4) is 0 Å². The molecule has 4 aromatic rings. The Hall–Kier alpha value is -4.32. The summed E-state index contributed by atoms with van der Waals surface area (Å²) in [5, 5.41) is 13.4. The quantitative estimate of drug-likeness (QED) is 0.162. The smallest absolute Gasteiger partial charge is 0.335 e. The molecule has 0 spiro atoms. The lowest BCUT2D eigenvalue weighted by molar-refractivity contribution is -0.121. The fourth-order valence-corrected chi connectivity index (χ4v) is 12.9. The molecular formula is C46H61FN4O10S2.